The molecule has 1 atom stereocenters. The third-order valence-electron chi connectivity index (χ3n) is 3.88. The molecular formula is C15H19N3O4S. The van der Waals surface area contributed by atoms with Crippen LogP contribution in [0.1, 0.15) is 18.4 Å². The highest BCUT2D eigenvalue weighted by molar-refractivity contribution is 7.90. The van der Waals surface area contributed by atoms with Gasteiger partial charge in [-0.15, -0.1) is 0 Å². The summed E-state index contributed by atoms with van der Waals surface area (Å²) in [5.41, 5.74) is 0.552. The van der Waals surface area contributed by atoms with Crippen molar-refractivity contribution >= 4 is 21.8 Å². The quantitative estimate of drug-likeness (QED) is 0.806. The highest BCUT2D eigenvalue weighted by Gasteiger charge is 2.29. The van der Waals surface area contributed by atoms with E-state index < -0.39 is 10.0 Å². The first-order valence-electron chi connectivity index (χ1n) is 7.57. The van der Waals surface area contributed by atoms with Crippen molar-refractivity contribution in [3.05, 3.63) is 29.8 Å². The van der Waals surface area contributed by atoms with Crippen molar-refractivity contribution in [3.8, 4) is 0 Å². The number of sulfonamides is 1. The number of amides is 1. The van der Waals surface area contributed by atoms with Crippen molar-refractivity contribution in [2.75, 3.05) is 26.3 Å². The molecule has 0 bridgehead atoms. The number of nitrogens with zero attached hydrogens (tertiary/aromatic N) is 1. The predicted molar refractivity (Wildman–Crippen MR) is 84.7 cm³/mol. The Kier molecular flexibility index (Phi) is 4.63. The van der Waals surface area contributed by atoms with Crippen LogP contribution in [-0.2, 0) is 19.6 Å². The second-order valence-corrected chi connectivity index (χ2v) is 7.27. The highest BCUT2D eigenvalue weighted by atomic mass is 32.2. The van der Waals surface area contributed by atoms with Gasteiger partial charge in [-0.25, -0.2) is 8.42 Å². The third-order valence-corrected chi connectivity index (χ3v) is 5.28. The lowest BCUT2D eigenvalue weighted by molar-refractivity contribution is -0.121. The molecule has 0 saturated carbocycles. The minimum atomic E-state index is -3.52. The fraction of sp³-hybridized carbons (Fsp3) is 0.467. The van der Waals surface area contributed by atoms with Crippen LogP contribution in [0.3, 0.4) is 0 Å². The van der Waals surface area contributed by atoms with Crippen molar-refractivity contribution in [1.82, 2.24) is 10.0 Å². The second-order valence-electron chi connectivity index (χ2n) is 5.62. The first-order chi connectivity index (χ1) is 11.1. The van der Waals surface area contributed by atoms with Crippen molar-refractivity contribution in [1.29, 1.82) is 0 Å². The van der Waals surface area contributed by atoms with Crippen LogP contribution in [0, 0.1) is 5.92 Å². The van der Waals surface area contributed by atoms with Crippen LogP contribution in [-0.4, -0.2) is 46.5 Å². The van der Waals surface area contributed by atoms with Gasteiger partial charge in [0.25, 0.3) is 10.0 Å². The maximum absolute atomic E-state index is 11.9. The van der Waals surface area contributed by atoms with E-state index in [4.69, 9.17) is 4.74 Å². The number of amidine groups is 1. The van der Waals surface area contributed by atoms with Crippen LogP contribution in [0.15, 0.2) is 34.2 Å². The van der Waals surface area contributed by atoms with Crippen LogP contribution in [0.25, 0.3) is 0 Å². The Bertz CT molecular complexity index is 724. The molecule has 0 unspecified atom stereocenters. The Balaban J connectivity index is 1.53. The van der Waals surface area contributed by atoms with E-state index in [9.17, 15) is 13.2 Å². The van der Waals surface area contributed by atoms with Gasteiger partial charge in [-0.3, -0.25) is 14.5 Å². The Morgan fingerprint density at radius 3 is 3.00 bits per heavy atom. The summed E-state index contributed by atoms with van der Waals surface area (Å²) in [7, 11) is -3.52. The molecule has 3 rings (SSSR count). The van der Waals surface area contributed by atoms with E-state index in [1.165, 1.54) is 6.07 Å². The summed E-state index contributed by atoms with van der Waals surface area (Å²) in [5.74, 6) is 0.603. The molecule has 8 heteroatoms. The van der Waals surface area contributed by atoms with Crippen molar-refractivity contribution in [2.45, 2.75) is 17.7 Å². The number of nitrogens with one attached hydrogen (secondary N) is 2. The van der Waals surface area contributed by atoms with E-state index in [2.05, 4.69) is 15.0 Å². The Morgan fingerprint density at radius 1 is 1.39 bits per heavy atom. The molecule has 1 amide bonds. The minimum Gasteiger partial charge on any atom is -0.381 e. The number of rotatable bonds is 5. The van der Waals surface area contributed by atoms with Crippen molar-refractivity contribution in [2.24, 2.45) is 10.9 Å². The molecule has 1 saturated heterocycles. The molecule has 0 spiro atoms. The molecule has 7 nitrogen and oxygen atoms in total. The molecule has 1 fully saturated rings. The lowest BCUT2D eigenvalue weighted by atomic mass is 10.1. The molecule has 23 heavy (non-hydrogen) atoms. The smallest absolute Gasteiger partial charge is 0.263 e. The molecule has 2 heterocycles. The summed E-state index contributed by atoms with van der Waals surface area (Å²) in [6.45, 7) is 2.30. The molecule has 1 aromatic carbocycles. The number of aliphatic imine (C=N–C) groups is 1. The number of ether oxygens (including phenoxy) is 1. The van der Waals surface area contributed by atoms with Gasteiger partial charge in [-0.2, -0.15) is 0 Å². The van der Waals surface area contributed by atoms with E-state index >= 15 is 0 Å². The van der Waals surface area contributed by atoms with Crippen LogP contribution in [0.2, 0.25) is 0 Å². The zero-order valence-electron chi connectivity index (χ0n) is 12.6. The van der Waals surface area contributed by atoms with E-state index in [-0.39, 0.29) is 23.8 Å². The standard InChI is InChI=1S/C15H19N3O4S/c19-14(17-9-11-6-8-22-10-11)5-7-16-15-12-3-1-2-4-13(12)23(20,21)18-15/h1-4,11H,5-10H2,(H,16,18)(H,17,19)/t11-/m0/s1. The lowest BCUT2D eigenvalue weighted by Gasteiger charge is -2.08. The van der Waals surface area contributed by atoms with Crippen molar-refractivity contribution in [3.63, 3.8) is 0 Å². The number of carbonyl (C=O) groups excluding carboxylic acids is 1. The maximum Gasteiger partial charge on any atom is 0.263 e. The minimum absolute atomic E-state index is 0.0876. The number of carbonyl (C=O) groups is 1. The summed E-state index contributed by atoms with van der Waals surface area (Å²) in [6.07, 6.45) is 1.20. The van der Waals surface area contributed by atoms with Gasteiger partial charge in [0.05, 0.1) is 18.0 Å². The molecule has 2 N–H and O–H groups in total. The van der Waals surface area contributed by atoms with Crippen LogP contribution in [0.5, 0.6) is 0 Å². The summed E-state index contributed by atoms with van der Waals surface area (Å²) in [6, 6.07) is 6.66. The molecule has 2 aliphatic rings. The first-order valence-corrected chi connectivity index (χ1v) is 9.06. The zero-order valence-corrected chi connectivity index (χ0v) is 13.4. The molecule has 0 radical (unpaired) electrons. The van der Waals surface area contributed by atoms with Crippen LogP contribution in [0.4, 0.5) is 0 Å². The zero-order chi connectivity index (χ0) is 16.3. The molecular weight excluding hydrogens is 318 g/mol. The van der Waals surface area contributed by atoms with Gasteiger partial charge < -0.3 is 10.1 Å². The fourth-order valence-corrected chi connectivity index (χ4v) is 3.86. The van der Waals surface area contributed by atoms with Crippen LogP contribution < -0.4 is 10.0 Å². The summed E-state index contributed by atoms with van der Waals surface area (Å²) < 4.78 is 31.5. The van der Waals surface area contributed by atoms with E-state index in [1.54, 1.807) is 18.2 Å². The largest absolute Gasteiger partial charge is 0.381 e. The maximum atomic E-state index is 11.9. The van der Waals surface area contributed by atoms with Gasteiger partial charge in [-0.1, -0.05) is 12.1 Å². The van der Waals surface area contributed by atoms with Gasteiger partial charge in [0.2, 0.25) is 5.91 Å². The van der Waals surface area contributed by atoms with E-state index in [0.717, 1.165) is 13.0 Å². The molecule has 0 aliphatic carbocycles. The topological polar surface area (TPSA) is 96.9 Å². The third kappa shape index (κ3) is 3.70. The average Bonchev–Trinajstić information content (AvgIpc) is 3.13. The monoisotopic (exact) mass is 337 g/mol. The molecule has 0 aromatic heterocycles. The van der Waals surface area contributed by atoms with Crippen LogP contribution >= 0.6 is 0 Å². The first kappa shape index (κ1) is 15.9. The fourth-order valence-electron chi connectivity index (χ4n) is 2.61. The molecule has 1 aromatic rings. The number of fused-ring (bicyclic) bond motifs is 1. The van der Waals surface area contributed by atoms with Gasteiger partial charge >= 0.3 is 0 Å². The summed E-state index contributed by atoms with van der Waals surface area (Å²) in [4.78, 5) is 16.2. The normalized spacial score (nSPS) is 23.5. The SMILES string of the molecule is O=C(CCN=C1NS(=O)(=O)c2ccccc21)NC[C@@H]1CCOC1. The molecule has 2 aliphatic heterocycles. The van der Waals surface area contributed by atoms with Gasteiger partial charge in [-0.05, 0) is 18.6 Å². The number of hydrogen-bond donors (Lipinski definition) is 2. The average molecular weight is 337 g/mol. The predicted octanol–water partition coefficient (Wildman–Crippen LogP) is 0.268. The lowest BCUT2D eigenvalue weighted by Crippen LogP contribution is -2.30. The number of hydrogen-bond acceptors (Lipinski definition) is 5. The van der Waals surface area contributed by atoms with E-state index in [1.807, 2.05) is 0 Å². The second kappa shape index (κ2) is 6.67. The highest BCUT2D eigenvalue weighted by Crippen LogP contribution is 2.22. The van der Waals surface area contributed by atoms with Gasteiger partial charge in [0.1, 0.15) is 5.84 Å². The van der Waals surface area contributed by atoms with Gasteiger partial charge in [0, 0.05) is 31.1 Å². The molecule has 124 valence electrons. The summed E-state index contributed by atoms with van der Waals surface area (Å²) in [5, 5.41) is 2.86. The summed E-state index contributed by atoms with van der Waals surface area (Å²) >= 11 is 0. The Morgan fingerprint density at radius 2 is 2.22 bits per heavy atom. The Labute approximate surface area is 135 Å². The number of benzene rings is 1. The Hall–Kier alpha value is -1.93. The van der Waals surface area contributed by atoms with E-state index in [0.29, 0.717) is 30.5 Å². The van der Waals surface area contributed by atoms with Gasteiger partial charge in [0.15, 0.2) is 0 Å². The van der Waals surface area contributed by atoms with Crippen molar-refractivity contribution < 1.29 is 17.9 Å².